The molecule has 19 heavy (non-hydrogen) atoms. The van der Waals surface area contributed by atoms with Crippen molar-refractivity contribution in [1.29, 1.82) is 0 Å². The molecule has 2 rings (SSSR count). The Kier molecular flexibility index (Phi) is 3.91. The zero-order valence-electron chi connectivity index (χ0n) is 10.1. The summed E-state index contributed by atoms with van der Waals surface area (Å²) in [7, 11) is 0. The lowest BCUT2D eigenvalue weighted by atomic mass is 10.1. The van der Waals surface area contributed by atoms with Gasteiger partial charge in [0.05, 0.1) is 11.0 Å². The minimum absolute atomic E-state index is 0.230. The van der Waals surface area contributed by atoms with Gasteiger partial charge < -0.3 is 5.11 Å². The molecule has 0 saturated carbocycles. The molecule has 1 unspecified atom stereocenters. The molecule has 0 aliphatic rings. The van der Waals surface area contributed by atoms with Crippen molar-refractivity contribution in [2.45, 2.75) is 25.6 Å². The van der Waals surface area contributed by atoms with Crippen molar-refractivity contribution in [2.24, 2.45) is 0 Å². The maximum absolute atomic E-state index is 12.4. The molecule has 2 nitrogen and oxygen atoms in total. The van der Waals surface area contributed by atoms with E-state index in [1.807, 2.05) is 31.2 Å². The molecule has 0 spiro atoms. The summed E-state index contributed by atoms with van der Waals surface area (Å²) in [6.07, 6.45) is -4.04. The number of aliphatic hydroxyl groups is 1. The van der Waals surface area contributed by atoms with Crippen molar-refractivity contribution in [1.82, 2.24) is 4.98 Å². The Morgan fingerprint density at radius 2 is 2.11 bits per heavy atom. The van der Waals surface area contributed by atoms with Crippen molar-refractivity contribution in [3.8, 4) is 0 Å². The average Bonchev–Trinajstić information content (AvgIpc) is 2.77. The van der Waals surface area contributed by atoms with E-state index in [4.69, 9.17) is 0 Å². The SMILES string of the molecule is Cc1cccc(CC(O)c2cnc(C(F)(F)F)s2)c1. The highest BCUT2D eigenvalue weighted by Gasteiger charge is 2.35. The Morgan fingerprint density at radius 3 is 2.68 bits per heavy atom. The number of benzene rings is 1. The third kappa shape index (κ3) is 3.54. The van der Waals surface area contributed by atoms with Gasteiger partial charge in [0.15, 0.2) is 5.01 Å². The predicted molar refractivity (Wildman–Crippen MR) is 67.0 cm³/mol. The van der Waals surface area contributed by atoms with Crippen molar-refractivity contribution in [2.75, 3.05) is 0 Å². The Bertz CT molecular complexity index is 565. The molecule has 2 aromatic rings. The molecule has 1 aromatic heterocycles. The van der Waals surface area contributed by atoms with E-state index in [0.29, 0.717) is 11.3 Å². The molecular weight excluding hydrogens is 275 g/mol. The van der Waals surface area contributed by atoms with E-state index in [-0.39, 0.29) is 11.3 Å². The highest BCUT2D eigenvalue weighted by Crippen LogP contribution is 2.35. The average molecular weight is 287 g/mol. The van der Waals surface area contributed by atoms with Crippen molar-refractivity contribution in [3.05, 3.63) is 51.5 Å². The zero-order chi connectivity index (χ0) is 14.0. The number of alkyl halides is 3. The van der Waals surface area contributed by atoms with Gasteiger partial charge in [-0.05, 0) is 12.5 Å². The van der Waals surface area contributed by atoms with E-state index in [1.54, 1.807) is 0 Å². The molecule has 0 amide bonds. The molecule has 102 valence electrons. The first-order valence-electron chi connectivity index (χ1n) is 5.63. The number of thiazole rings is 1. The lowest BCUT2D eigenvalue weighted by molar-refractivity contribution is -0.137. The number of aromatic nitrogens is 1. The molecular formula is C13H12F3NOS. The maximum atomic E-state index is 12.4. The van der Waals surface area contributed by atoms with Crippen LogP contribution in [0.3, 0.4) is 0 Å². The molecule has 0 radical (unpaired) electrons. The molecule has 0 bridgehead atoms. The number of rotatable bonds is 3. The summed E-state index contributed by atoms with van der Waals surface area (Å²) in [5.41, 5.74) is 1.93. The topological polar surface area (TPSA) is 33.1 Å². The normalized spacial score (nSPS) is 13.5. The minimum atomic E-state index is -4.45. The van der Waals surface area contributed by atoms with Gasteiger partial charge in [0, 0.05) is 12.6 Å². The first-order chi connectivity index (χ1) is 8.86. The van der Waals surface area contributed by atoms with E-state index >= 15 is 0 Å². The van der Waals surface area contributed by atoms with Crippen LogP contribution in [0.25, 0.3) is 0 Å². The molecule has 0 aliphatic carbocycles. The summed E-state index contributed by atoms with van der Waals surface area (Å²) in [5.74, 6) is 0. The fraction of sp³-hybridized carbons (Fsp3) is 0.308. The van der Waals surface area contributed by atoms with Gasteiger partial charge in [0.1, 0.15) is 0 Å². The first kappa shape index (κ1) is 14.0. The van der Waals surface area contributed by atoms with Crippen LogP contribution in [0, 0.1) is 6.92 Å². The van der Waals surface area contributed by atoms with Crippen molar-refractivity contribution in [3.63, 3.8) is 0 Å². The second-order valence-corrected chi connectivity index (χ2v) is 5.34. The van der Waals surface area contributed by atoms with Gasteiger partial charge in [-0.15, -0.1) is 11.3 Å². The number of hydrogen-bond acceptors (Lipinski definition) is 3. The van der Waals surface area contributed by atoms with Crippen LogP contribution in [0.1, 0.15) is 27.1 Å². The van der Waals surface area contributed by atoms with Gasteiger partial charge in [-0.1, -0.05) is 29.8 Å². The van der Waals surface area contributed by atoms with Crippen LogP contribution in [-0.4, -0.2) is 10.1 Å². The maximum Gasteiger partial charge on any atom is 0.443 e. The highest BCUT2D eigenvalue weighted by atomic mass is 32.1. The predicted octanol–water partition coefficient (Wildman–Crippen LogP) is 3.75. The Balaban J connectivity index is 2.12. The molecule has 0 saturated heterocycles. The van der Waals surface area contributed by atoms with Crippen LogP contribution >= 0.6 is 11.3 Å². The quantitative estimate of drug-likeness (QED) is 0.932. The van der Waals surface area contributed by atoms with Crippen LogP contribution in [0.2, 0.25) is 0 Å². The molecule has 6 heteroatoms. The highest BCUT2D eigenvalue weighted by molar-refractivity contribution is 7.11. The number of nitrogens with zero attached hydrogens (tertiary/aromatic N) is 1. The Labute approximate surface area is 112 Å². The number of aryl methyl sites for hydroxylation is 1. The van der Waals surface area contributed by atoms with E-state index in [9.17, 15) is 18.3 Å². The standard InChI is InChI=1S/C13H12F3NOS/c1-8-3-2-4-9(5-8)6-10(18)11-7-17-12(19-11)13(14,15)16/h2-5,7,10,18H,6H2,1H3. The van der Waals surface area contributed by atoms with Gasteiger partial charge >= 0.3 is 6.18 Å². The second-order valence-electron chi connectivity index (χ2n) is 4.27. The largest absolute Gasteiger partial charge is 0.443 e. The van der Waals surface area contributed by atoms with E-state index in [1.165, 1.54) is 0 Å². The van der Waals surface area contributed by atoms with Crippen LogP contribution in [0.5, 0.6) is 0 Å². The number of hydrogen-bond donors (Lipinski definition) is 1. The van der Waals surface area contributed by atoms with Crippen molar-refractivity contribution < 1.29 is 18.3 Å². The summed E-state index contributed by atoms with van der Waals surface area (Å²) < 4.78 is 37.2. The fourth-order valence-electron chi connectivity index (χ4n) is 1.73. The summed E-state index contributed by atoms with van der Waals surface area (Å²) in [5, 5.41) is 9.02. The molecule has 1 atom stereocenters. The zero-order valence-corrected chi connectivity index (χ0v) is 10.9. The van der Waals surface area contributed by atoms with Gasteiger partial charge in [-0.25, -0.2) is 4.98 Å². The van der Waals surface area contributed by atoms with Gasteiger partial charge in [-0.3, -0.25) is 0 Å². The Morgan fingerprint density at radius 1 is 1.37 bits per heavy atom. The molecule has 0 fully saturated rings. The van der Waals surface area contributed by atoms with Crippen LogP contribution < -0.4 is 0 Å². The molecule has 1 heterocycles. The number of aliphatic hydroxyl groups excluding tert-OH is 1. The summed E-state index contributed by atoms with van der Waals surface area (Å²) in [6, 6.07) is 7.51. The monoisotopic (exact) mass is 287 g/mol. The van der Waals surface area contributed by atoms with E-state index in [0.717, 1.165) is 17.3 Å². The van der Waals surface area contributed by atoms with Crippen molar-refractivity contribution >= 4 is 11.3 Å². The number of halogens is 3. The smallest absolute Gasteiger partial charge is 0.387 e. The molecule has 1 aromatic carbocycles. The Hall–Kier alpha value is -1.40. The van der Waals surface area contributed by atoms with Crippen LogP contribution in [0.4, 0.5) is 13.2 Å². The lowest BCUT2D eigenvalue weighted by Crippen LogP contribution is -2.03. The second kappa shape index (κ2) is 5.30. The van der Waals surface area contributed by atoms with Crippen LogP contribution in [-0.2, 0) is 12.6 Å². The van der Waals surface area contributed by atoms with E-state index in [2.05, 4.69) is 4.98 Å². The fourth-order valence-corrected chi connectivity index (χ4v) is 2.50. The molecule has 1 N–H and O–H groups in total. The first-order valence-corrected chi connectivity index (χ1v) is 6.44. The third-order valence-corrected chi connectivity index (χ3v) is 3.75. The minimum Gasteiger partial charge on any atom is -0.387 e. The summed E-state index contributed by atoms with van der Waals surface area (Å²) in [6.45, 7) is 1.92. The van der Waals surface area contributed by atoms with Gasteiger partial charge in [0.2, 0.25) is 0 Å². The van der Waals surface area contributed by atoms with E-state index < -0.39 is 17.3 Å². The third-order valence-electron chi connectivity index (χ3n) is 2.61. The summed E-state index contributed by atoms with van der Waals surface area (Å²) in [4.78, 5) is 3.53. The van der Waals surface area contributed by atoms with Gasteiger partial charge in [-0.2, -0.15) is 13.2 Å². The van der Waals surface area contributed by atoms with Gasteiger partial charge in [0.25, 0.3) is 0 Å². The summed E-state index contributed by atoms with van der Waals surface area (Å²) >= 11 is 0.485. The molecule has 0 aliphatic heterocycles. The van der Waals surface area contributed by atoms with Crippen LogP contribution in [0.15, 0.2) is 30.5 Å². The lowest BCUT2D eigenvalue weighted by Gasteiger charge is -2.08.